The highest BCUT2D eigenvalue weighted by Gasteiger charge is 2.09. The molecule has 0 saturated heterocycles. The van der Waals surface area contributed by atoms with Crippen LogP contribution in [0.3, 0.4) is 0 Å². The number of aromatic nitrogens is 4. The van der Waals surface area contributed by atoms with E-state index in [4.69, 9.17) is 11.6 Å². The van der Waals surface area contributed by atoms with Gasteiger partial charge in [0.15, 0.2) is 0 Å². The molecule has 2 aromatic heterocycles. The van der Waals surface area contributed by atoms with Crippen LogP contribution >= 0.6 is 11.6 Å². The van der Waals surface area contributed by atoms with Gasteiger partial charge in [0.1, 0.15) is 6.33 Å². The minimum Gasteiger partial charge on any atom is -0.384 e. The number of hydrogen-bond donors (Lipinski definition) is 4. The summed E-state index contributed by atoms with van der Waals surface area (Å²) in [5, 5.41) is 18.7. The molecule has 39 heavy (non-hydrogen) atoms. The molecule has 4 N–H and O–H groups in total. The first kappa shape index (κ1) is 26.3. The van der Waals surface area contributed by atoms with Gasteiger partial charge >= 0.3 is 0 Å². The number of carbonyl (C=O) groups excluding carboxylic acids is 1. The molecule has 9 heteroatoms. The van der Waals surface area contributed by atoms with Crippen molar-refractivity contribution in [3.05, 3.63) is 96.2 Å². The maximum Gasteiger partial charge on any atom is 0.221 e. The minimum atomic E-state index is 0.0308. The van der Waals surface area contributed by atoms with E-state index < -0.39 is 0 Å². The molecule has 0 aliphatic heterocycles. The van der Waals surface area contributed by atoms with E-state index in [-0.39, 0.29) is 5.91 Å². The van der Waals surface area contributed by atoms with E-state index in [2.05, 4.69) is 48.2 Å². The fourth-order valence-electron chi connectivity index (χ4n) is 4.39. The van der Waals surface area contributed by atoms with E-state index in [1.807, 2.05) is 54.7 Å². The van der Waals surface area contributed by atoms with E-state index in [0.717, 1.165) is 55.9 Å². The van der Waals surface area contributed by atoms with Gasteiger partial charge in [-0.15, -0.1) is 0 Å². The van der Waals surface area contributed by atoms with Crippen molar-refractivity contribution in [3.8, 4) is 22.3 Å². The Balaban J connectivity index is 1.02. The molecular formula is C30H30ClN7O. The van der Waals surface area contributed by atoms with Crippen molar-refractivity contribution >= 4 is 34.1 Å². The molecule has 0 atom stereocenters. The Bertz CT molecular complexity index is 1520. The van der Waals surface area contributed by atoms with Crippen molar-refractivity contribution in [1.82, 2.24) is 30.8 Å². The number of carbonyl (C=O) groups is 1. The van der Waals surface area contributed by atoms with E-state index in [0.29, 0.717) is 32.6 Å². The van der Waals surface area contributed by atoms with Gasteiger partial charge in [0.2, 0.25) is 5.91 Å². The molecule has 5 aromatic rings. The van der Waals surface area contributed by atoms with Gasteiger partial charge in [0.25, 0.3) is 0 Å². The third kappa shape index (κ3) is 6.98. The topological polar surface area (TPSA) is 108 Å². The summed E-state index contributed by atoms with van der Waals surface area (Å²) in [6, 6.07) is 20.3. The van der Waals surface area contributed by atoms with Gasteiger partial charge in [-0.1, -0.05) is 54.1 Å². The van der Waals surface area contributed by atoms with Crippen molar-refractivity contribution in [2.75, 3.05) is 25.0 Å². The number of fused-ring (bicyclic) bond motifs is 1. The van der Waals surface area contributed by atoms with E-state index >= 15 is 0 Å². The van der Waals surface area contributed by atoms with Gasteiger partial charge in [-0.25, -0.2) is 9.97 Å². The monoisotopic (exact) mass is 539 g/mol. The van der Waals surface area contributed by atoms with Crippen LogP contribution in [-0.2, 0) is 11.3 Å². The highest BCUT2D eigenvalue weighted by Crippen LogP contribution is 2.30. The maximum absolute atomic E-state index is 12.3. The molecule has 0 spiro atoms. The Hall–Kier alpha value is -4.27. The first-order chi connectivity index (χ1) is 19.2. The molecule has 198 valence electrons. The van der Waals surface area contributed by atoms with Crippen molar-refractivity contribution < 1.29 is 4.79 Å². The number of nitrogens with one attached hydrogen (secondary N) is 4. The summed E-state index contributed by atoms with van der Waals surface area (Å²) in [6.07, 6.45) is 8.11. The summed E-state index contributed by atoms with van der Waals surface area (Å²) >= 11 is 6.50. The number of anilines is 1. The molecule has 1 amide bonds. The molecule has 3 aromatic carbocycles. The predicted octanol–water partition coefficient (Wildman–Crippen LogP) is 5.44. The second-order valence-electron chi connectivity index (χ2n) is 9.22. The lowest BCUT2D eigenvalue weighted by molar-refractivity contribution is -0.120. The average Bonchev–Trinajstić information content (AvgIpc) is 3.45. The van der Waals surface area contributed by atoms with Gasteiger partial charge in [0, 0.05) is 72.2 Å². The standard InChI is InChI=1S/C30H30ClN7O/c31-27-13-21(7-8-25(27)22-5-2-1-3-6-22)16-32-12-9-30(39)36-11-4-10-35-28-14-23(24-17-33-20-34-18-24)15-29-26(28)19-37-38-29/h1-3,5-8,13-15,17-20,32,35H,4,9-12,16H2,(H,36,39)(H,37,38). The van der Waals surface area contributed by atoms with Gasteiger partial charge < -0.3 is 16.0 Å². The fraction of sp³-hybridized carbons (Fsp3) is 0.200. The number of benzene rings is 3. The number of H-pyrrole nitrogens is 1. The third-order valence-corrected chi connectivity index (χ3v) is 6.73. The Labute approximate surface area is 232 Å². The Morgan fingerprint density at radius 2 is 1.72 bits per heavy atom. The van der Waals surface area contributed by atoms with Crippen LogP contribution in [0.25, 0.3) is 33.2 Å². The van der Waals surface area contributed by atoms with Crippen molar-refractivity contribution in [1.29, 1.82) is 0 Å². The molecule has 0 bridgehead atoms. The molecule has 5 rings (SSSR count). The number of rotatable bonds is 12. The zero-order valence-electron chi connectivity index (χ0n) is 21.5. The van der Waals surface area contributed by atoms with E-state index in [1.54, 1.807) is 12.4 Å². The Kier molecular flexibility index (Phi) is 8.78. The highest BCUT2D eigenvalue weighted by atomic mass is 35.5. The molecule has 0 saturated carbocycles. The number of nitrogens with zero attached hydrogens (tertiary/aromatic N) is 3. The third-order valence-electron chi connectivity index (χ3n) is 6.42. The SMILES string of the molecule is O=C(CCNCc1ccc(-c2ccccc2)c(Cl)c1)NCCCNc1cc(-c2cncnc2)cc2[nH]ncc12. The molecule has 0 fully saturated rings. The molecule has 8 nitrogen and oxygen atoms in total. The average molecular weight is 540 g/mol. The van der Waals surface area contributed by atoms with Crippen molar-refractivity contribution in [3.63, 3.8) is 0 Å². The number of halogens is 1. The van der Waals surface area contributed by atoms with Gasteiger partial charge in [-0.05, 0) is 41.3 Å². The predicted molar refractivity (Wildman–Crippen MR) is 156 cm³/mol. The summed E-state index contributed by atoms with van der Waals surface area (Å²) in [4.78, 5) is 20.5. The number of amides is 1. The summed E-state index contributed by atoms with van der Waals surface area (Å²) < 4.78 is 0. The van der Waals surface area contributed by atoms with Crippen molar-refractivity contribution in [2.24, 2.45) is 0 Å². The smallest absolute Gasteiger partial charge is 0.221 e. The van der Waals surface area contributed by atoms with Gasteiger partial charge in [-0.2, -0.15) is 5.10 Å². The molecule has 0 aliphatic rings. The first-order valence-corrected chi connectivity index (χ1v) is 13.3. The van der Waals surface area contributed by atoms with Crippen LogP contribution in [0, 0.1) is 0 Å². The molecule has 2 heterocycles. The van der Waals surface area contributed by atoms with E-state index in [1.165, 1.54) is 6.33 Å². The number of hydrogen-bond acceptors (Lipinski definition) is 6. The largest absolute Gasteiger partial charge is 0.384 e. The summed E-state index contributed by atoms with van der Waals surface area (Å²) in [5.41, 5.74) is 7.06. The Morgan fingerprint density at radius 1 is 0.872 bits per heavy atom. The van der Waals surface area contributed by atoms with Crippen LogP contribution in [0.4, 0.5) is 5.69 Å². The molecule has 0 radical (unpaired) electrons. The van der Waals surface area contributed by atoms with Crippen LogP contribution in [0.1, 0.15) is 18.4 Å². The summed E-state index contributed by atoms with van der Waals surface area (Å²) in [7, 11) is 0. The quantitative estimate of drug-likeness (QED) is 0.157. The lowest BCUT2D eigenvalue weighted by Gasteiger charge is -2.11. The van der Waals surface area contributed by atoms with Crippen LogP contribution in [0.15, 0.2) is 85.6 Å². The first-order valence-electron chi connectivity index (χ1n) is 12.9. The minimum absolute atomic E-state index is 0.0308. The maximum atomic E-state index is 12.3. The van der Waals surface area contributed by atoms with Crippen molar-refractivity contribution in [2.45, 2.75) is 19.4 Å². The zero-order valence-corrected chi connectivity index (χ0v) is 22.2. The second kappa shape index (κ2) is 13.0. The molecule has 0 aliphatic carbocycles. The molecule has 0 unspecified atom stereocenters. The lowest BCUT2D eigenvalue weighted by Crippen LogP contribution is -2.29. The van der Waals surface area contributed by atoms with E-state index in [9.17, 15) is 4.79 Å². The van der Waals surface area contributed by atoms with Gasteiger partial charge in [0.05, 0.1) is 11.7 Å². The Morgan fingerprint density at radius 3 is 2.54 bits per heavy atom. The summed E-state index contributed by atoms with van der Waals surface area (Å²) in [5.74, 6) is 0.0308. The zero-order chi connectivity index (χ0) is 26.9. The van der Waals surface area contributed by atoms with Crippen LogP contribution in [0.5, 0.6) is 0 Å². The van der Waals surface area contributed by atoms with Crippen LogP contribution < -0.4 is 16.0 Å². The van der Waals surface area contributed by atoms with Gasteiger partial charge in [-0.3, -0.25) is 9.89 Å². The lowest BCUT2D eigenvalue weighted by atomic mass is 10.0. The highest BCUT2D eigenvalue weighted by molar-refractivity contribution is 6.33. The van der Waals surface area contributed by atoms with Crippen LogP contribution in [0.2, 0.25) is 5.02 Å². The second-order valence-corrected chi connectivity index (χ2v) is 9.63. The normalized spacial score (nSPS) is 11.0. The molecular weight excluding hydrogens is 510 g/mol. The van der Waals surface area contributed by atoms with Crippen LogP contribution in [-0.4, -0.2) is 45.7 Å². The summed E-state index contributed by atoms with van der Waals surface area (Å²) in [6.45, 7) is 2.57. The fourth-order valence-corrected chi connectivity index (χ4v) is 4.71. The number of aromatic amines is 1.